The Kier molecular flexibility index (Phi) is 5.33. The predicted octanol–water partition coefficient (Wildman–Crippen LogP) is 3.38. The molecule has 1 aliphatic rings. The van der Waals surface area contributed by atoms with E-state index < -0.39 is 10.0 Å². The standard InChI is InChI=1S/C18H17ClN4O3S2/c19-17-4-2-14(10-20-17)28(25,26)23-7-5-12(6-8-23)18(24)22-13-1-3-16-15(9-13)21-11-27-16/h1-4,9-12H,5-8H2,(H,22,24). The summed E-state index contributed by atoms with van der Waals surface area (Å²) in [5.41, 5.74) is 3.31. The number of rotatable bonds is 4. The number of fused-ring (bicyclic) bond motifs is 1. The minimum absolute atomic E-state index is 0.0974. The Hall–Kier alpha value is -2.07. The number of piperidine rings is 1. The van der Waals surface area contributed by atoms with Crippen LogP contribution in [0.3, 0.4) is 0 Å². The minimum atomic E-state index is -3.63. The van der Waals surface area contributed by atoms with E-state index >= 15 is 0 Å². The molecule has 10 heteroatoms. The maximum Gasteiger partial charge on any atom is 0.244 e. The second kappa shape index (κ2) is 7.75. The lowest BCUT2D eigenvalue weighted by molar-refractivity contribution is -0.120. The highest BCUT2D eigenvalue weighted by atomic mass is 35.5. The molecule has 28 heavy (non-hydrogen) atoms. The first-order valence-corrected chi connectivity index (χ1v) is 11.4. The molecule has 1 fully saturated rings. The van der Waals surface area contributed by atoms with Gasteiger partial charge in [0.1, 0.15) is 10.0 Å². The first-order chi connectivity index (χ1) is 13.4. The molecular formula is C18H17ClN4O3S2. The van der Waals surface area contributed by atoms with Crippen molar-refractivity contribution < 1.29 is 13.2 Å². The van der Waals surface area contributed by atoms with Crippen LogP contribution in [0.15, 0.2) is 46.9 Å². The lowest BCUT2D eigenvalue weighted by Crippen LogP contribution is -2.41. The summed E-state index contributed by atoms with van der Waals surface area (Å²) < 4.78 is 27.9. The number of hydrogen-bond acceptors (Lipinski definition) is 6. The Morgan fingerprint density at radius 2 is 1.96 bits per heavy atom. The average Bonchev–Trinajstić information content (AvgIpc) is 3.16. The molecule has 0 spiro atoms. The summed E-state index contributed by atoms with van der Waals surface area (Å²) in [6.07, 6.45) is 2.18. The summed E-state index contributed by atoms with van der Waals surface area (Å²) in [7, 11) is -3.63. The quantitative estimate of drug-likeness (QED) is 0.633. The van der Waals surface area contributed by atoms with Crippen LogP contribution in [0.2, 0.25) is 5.15 Å². The summed E-state index contributed by atoms with van der Waals surface area (Å²) in [5, 5.41) is 3.16. The van der Waals surface area contributed by atoms with Crippen LogP contribution in [0.4, 0.5) is 5.69 Å². The summed E-state index contributed by atoms with van der Waals surface area (Å²) in [5.74, 6) is -0.333. The lowest BCUT2D eigenvalue weighted by Gasteiger charge is -2.30. The van der Waals surface area contributed by atoms with Crippen molar-refractivity contribution in [3.05, 3.63) is 47.2 Å². The molecule has 4 rings (SSSR count). The highest BCUT2D eigenvalue weighted by Crippen LogP contribution is 2.26. The van der Waals surface area contributed by atoms with Gasteiger partial charge in [-0.1, -0.05) is 11.6 Å². The Morgan fingerprint density at radius 1 is 1.18 bits per heavy atom. The number of sulfonamides is 1. The second-order valence-electron chi connectivity index (χ2n) is 6.52. The van der Waals surface area contributed by atoms with E-state index in [9.17, 15) is 13.2 Å². The highest BCUT2D eigenvalue weighted by Gasteiger charge is 2.32. The van der Waals surface area contributed by atoms with Gasteiger partial charge in [0.25, 0.3) is 0 Å². The number of aromatic nitrogens is 2. The van der Waals surface area contributed by atoms with E-state index in [1.807, 2.05) is 18.2 Å². The zero-order valence-corrected chi connectivity index (χ0v) is 17.1. The first-order valence-electron chi connectivity index (χ1n) is 8.69. The lowest BCUT2D eigenvalue weighted by atomic mass is 9.97. The number of benzene rings is 1. The zero-order chi connectivity index (χ0) is 19.7. The van der Waals surface area contributed by atoms with Gasteiger partial charge in [-0.2, -0.15) is 4.31 Å². The fourth-order valence-corrected chi connectivity index (χ4v) is 5.39. The third-order valence-electron chi connectivity index (χ3n) is 4.76. The van der Waals surface area contributed by atoms with E-state index in [4.69, 9.17) is 11.6 Å². The average molecular weight is 437 g/mol. The predicted molar refractivity (Wildman–Crippen MR) is 109 cm³/mol. The molecule has 1 aliphatic heterocycles. The first kappa shape index (κ1) is 19.3. The van der Waals surface area contributed by atoms with Crippen molar-refractivity contribution in [3.63, 3.8) is 0 Å². The maximum absolute atomic E-state index is 12.7. The van der Waals surface area contributed by atoms with E-state index in [1.54, 1.807) is 16.8 Å². The Morgan fingerprint density at radius 3 is 2.68 bits per heavy atom. The summed E-state index contributed by atoms with van der Waals surface area (Å²) in [6.45, 7) is 0.572. The number of anilines is 1. The van der Waals surface area contributed by atoms with Crippen LogP contribution in [0.5, 0.6) is 0 Å². The van der Waals surface area contributed by atoms with Crippen molar-refractivity contribution in [3.8, 4) is 0 Å². The van der Waals surface area contributed by atoms with Crippen LogP contribution in [0, 0.1) is 5.92 Å². The summed E-state index contributed by atoms with van der Waals surface area (Å²) >= 11 is 7.27. The van der Waals surface area contributed by atoms with Crippen LogP contribution >= 0.6 is 22.9 Å². The van der Waals surface area contributed by atoms with Gasteiger partial charge in [0.2, 0.25) is 15.9 Å². The molecule has 0 unspecified atom stereocenters. The molecule has 1 amide bonds. The van der Waals surface area contributed by atoms with E-state index in [2.05, 4.69) is 15.3 Å². The van der Waals surface area contributed by atoms with Crippen LogP contribution in [-0.2, 0) is 14.8 Å². The van der Waals surface area contributed by atoms with Crippen LogP contribution in [-0.4, -0.2) is 41.7 Å². The number of thiazole rings is 1. The van der Waals surface area contributed by atoms with Crippen molar-refractivity contribution in [2.24, 2.45) is 5.92 Å². The summed E-state index contributed by atoms with van der Waals surface area (Å²) in [4.78, 5) is 20.8. The van der Waals surface area contributed by atoms with E-state index in [-0.39, 0.29) is 35.0 Å². The third kappa shape index (κ3) is 3.88. The van der Waals surface area contributed by atoms with E-state index in [0.717, 1.165) is 10.2 Å². The van der Waals surface area contributed by atoms with Crippen molar-refractivity contribution in [2.75, 3.05) is 18.4 Å². The van der Waals surface area contributed by atoms with E-state index in [0.29, 0.717) is 18.5 Å². The Labute approximate surface area is 171 Å². The molecule has 0 radical (unpaired) electrons. The largest absolute Gasteiger partial charge is 0.326 e. The Bertz CT molecular complexity index is 1110. The van der Waals surface area contributed by atoms with E-state index in [1.165, 1.54) is 22.6 Å². The molecule has 0 saturated carbocycles. The molecule has 3 heterocycles. The molecule has 0 aliphatic carbocycles. The monoisotopic (exact) mass is 436 g/mol. The number of amides is 1. The number of carbonyl (C=O) groups excluding carboxylic acids is 1. The molecule has 146 valence electrons. The third-order valence-corrected chi connectivity index (χ3v) is 7.68. The van der Waals surface area contributed by atoms with Gasteiger partial charge in [-0.15, -0.1) is 11.3 Å². The second-order valence-corrected chi connectivity index (χ2v) is 9.73. The molecule has 0 bridgehead atoms. The molecule has 3 aromatic rings. The number of carbonyl (C=O) groups is 1. The number of pyridine rings is 1. The summed E-state index contributed by atoms with van der Waals surface area (Å²) in [6, 6.07) is 8.52. The Balaban J connectivity index is 1.39. The van der Waals surface area contributed by atoms with Gasteiger partial charge in [0.05, 0.1) is 15.7 Å². The zero-order valence-electron chi connectivity index (χ0n) is 14.7. The molecule has 7 nitrogen and oxygen atoms in total. The number of hydrogen-bond donors (Lipinski definition) is 1. The maximum atomic E-state index is 12.7. The van der Waals surface area contributed by atoms with Gasteiger partial charge >= 0.3 is 0 Å². The number of nitrogens with one attached hydrogen (secondary N) is 1. The molecule has 1 N–H and O–H groups in total. The normalized spacial score (nSPS) is 16.3. The van der Waals surface area contributed by atoms with Crippen LogP contribution in [0.1, 0.15) is 12.8 Å². The van der Waals surface area contributed by atoms with Gasteiger partial charge in [-0.05, 0) is 43.2 Å². The van der Waals surface area contributed by atoms with Gasteiger partial charge in [0, 0.05) is 30.9 Å². The van der Waals surface area contributed by atoms with Crippen molar-refractivity contribution >= 4 is 54.8 Å². The smallest absolute Gasteiger partial charge is 0.244 e. The molecular weight excluding hydrogens is 420 g/mol. The minimum Gasteiger partial charge on any atom is -0.326 e. The van der Waals surface area contributed by atoms with Gasteiger partial charge < -0.3 is 5.32 Å². The molecule has 1 aromatic carbocycles. The fourth-order valence-electron chi connectivity index (χ4n) is 3.20. The van der Waals surface area contributed by atoms with Gasteiger partial charge in [0.15, 0.2) is 0 Å². The van der Waals surface area contributed by atoms with Crippen LogP contribution in [0.25, 0.3) is 10.2 Å². The van der Waals surface area contributed by atoms with Crippen molar-refractivity contribution in [1.29, 1.82) is 0 Å². The fraction of sp³-hybridized carbons (Fsp3) is 0.278. The SMILES string of the molecule is O=C(Nc1ccc2scnc2c1)C1CCN(S(=O)(=O)c2ccc(Cl)nc2)CC1. The molecule has 1 saturated heterocycles. The number of nitrogens with zero attached hydrogens (tertiary/aromatic N) is 3. The van der Waals surface area contributed by atoms with Crippen LogP contribution < -0.4 is 5.32 Å². The number of halogens is 1. The molecule has 0 atom stereocenters. The van der Waals surface area contributed by atoms with Crippen molar-refractivity contribution in [1.82, 2.24) is 14.3 Å². The van der Waals surface area contributed by atoms with Crippen molar-refractivity contribution in [2.45, 2.75) is 17.7 Å². The van der Waals surface area contributed by atoms with Gasteiger partial charge in [-0.3, -0.25) is 4.79 Å². The van der Waals surface area contributed by atoms with Gasteiger partial charge in [-0.25, -0.2) is 18.4 Å². The highest BCUT2D eigenvalue weighted by molar-refractivity contribution is 7.89. The molecule has 2 aromatic heterocycles. The topological polar surface area (TPSA) is 92.3 Å².